The highest BCUT2D eigenvalue weighted by Crippen LogP contribution is 1.80. The Morgan fingerprint density at radius 3 is 2.56 bits per heavy atom. The molecule has 0 aromatic rings. The third-order valence-electron chi connectivity index (χ3n) is 0.434. The molecular formula is C3H7NO4S. The third kappa shape index (κ3) is 7.41. The van der Waals surface area contributed by atoms with Gasteiger partial charge in [0.1, 0.15) is 0 Å². The van der Waals surface area contributed by atoms with Gasteiger partial charge in [-0.15, -0.1) is 0 Å². The molecule has 0 aromatic carbocycles. The Hall–Kier alpha value is -0.590. The molecule has 0 aliphatic rings. The van der Waals surface area contributed by atoms with Crippen LogP contribution in [0.1, 0.15) is 0 Å². The lowest BCUT2D eigenvalue weighted by molar-refractivity contribution is 0.353. The molecule has 6 heteroatoms. The Labute approximate surface area is 53.0 Å². The van der Waals surface area contributed by atoms with Crippen LogP contribution in [0.4, 0.5) is 0 Å². The van der Waals surface area contributed by atoms with Gasteiger partial charge in [-0.25, -0.2) is 5.14 Å². The lowest BCUT2D eigenvalue weighted by atomic mass is 10.7. The first-order valence-electron chi connectivity index (χ1n) is 2.02. The maximum atomic E-state index is 9.95. The van der Waals surface area contributed by atoms with Crippen molar-refractivity contribution in [1.82, 2.24) is 0 Å². The molecule has 0 spiro atoms. The van der Waals surface area contributed by atoms with E-state index in [-0.39, 0.29) is 6.61 Å². The van der Waals surface area contributed by atoms with Gasteiger partial charge in [-0.05, 0) is 6.08 Å². The summed E-state index contributed by atoms with van der Waals surface area (Å²) < 4.78 is 23.9. The molecule has 3 N–H and O–H groups in total. The minimum Gasteiger partial charge on any atom is -0.516 e. The van der Waals surface area contributed by atoms with Crippen LogP contribution in [0.2, 0.25) is 0 Å². The van der Waals surface area contributed by atoms with E-state index in [0.717, 1.165) is 6.08 Å². The maximum absolute atomic E-state index is 9.95. The van der Waals surface area contributed by atoms with E-state index in [9.17, 15) is 8.42 Å². The first-order chi connectivity index (χ1) is 4.06. The van der Waals surface area contributed by atoms with E-state index in [0.29, 0.717) is 6.26 Å². The summed E-state index contributed by atoms with van der Waals surface area (Å²) in [4.78, 5) is 0. The number of aliphatic hydroxyl groups is 1. The summed E-state index contributed by atoms with van der Waals surface area (Å²) in [5.74, 6) is 0. The zero-order valence-corrected chi connectivity index (χ0v) is 5.34. The molecule has 9 heavy (non-hydrogen) atoms. The fourth-order valence-electron chi connectivity index (χ4n) is 0.177. The van der Waals surface area contributed by atoms with Crippen molar-refractivity contribution in [3.63, 3.8) is 0 Å². The van der Waals surface area contributed by atoms with Crippen molar-refractivity contribution in [2.24, 2.45) is 5.14 Å². The van der Waals surface area contributed by atoms with Gasteiger partial charge in [0.25, 0.3) is 0 Å². The van der Waals surface area contributed by atoms with Crippen molar-refractivity contribution in [2.45, 2.75) is 0 Å². The quantitative estimate of drug-likeness (QED) is 0.523. The molecule has 0 rings (SSSR count). The standard InChI is InChI=1S/C3H7NO4S/c4-9(6,7)8-3-1-2-5/h1-2,5H,3H2,(H2,4,6,7). The molecule has 0 saturated carbocycles. The topological polar surface area (TPSA) is 89.6 Å². The van der Waals surface area contributed by atoms with Crippen LogP contribution in [0, 0.1) is 0 Å². The van der Waals surface area contributed by atoms with Crippen molar-refractivity contribution in [1.29, 1.82) is 0 Å². The van der Waals surface area contributed by atoms with Crippen LogP contribution in [0.15, 0.2) is 12.3 Å². The number of aliphatic hydroxyl groups excluding tert-OH is 1. The molecule has 5 nitrogen and oxygen atoms in total. The number of nitrogens with two attached hydrogens (primary N) is 1. The average molecular weight is 153 g/mol. The van der Waals surface area contributed by atoms with E-state index in [2.05, 4.69) is 9.32 Å². The number of hydrogen-bond acceptors (Lipinski definition) is 4. The van der Waals surface area contributed by atoms with Crippen LogP contribution < -0.4 is 5.14 Å². The summed E-state index contributed by atoms with van der Waals surface area (Å²) in [6.07, 6.45) is 1.77. The zero-order chi connectivity index (χ0) is 7.33. The minimum atomic E-state index is -3.86. The van der Waals surface area contributed by atoms with Crippen molar-refractivity contribution >= 4 is 10.3 Å². The van der Waals surface area contributed by atoms with E-state index < -0.39 is 10.3 Å². The van der Waals surface area contributed by atoms with Gasteiger partial charge in [-0.2, -0.15) is 8.42 Å². The highest BCUT2D eigenvalue weighted by atomic mass is 32.2. The van der Waals surface area contributed by atoms with Gasteiger partial charge in [-0.3, -0.25) is 4.18 Å². The summed E-state index contributed by atoms with van der Waals surface area (Å²) in [5.41, 5.74) is 0. The normalized spacial score (nSPS) is 12.6. The van der Waals surface area contributed by atoms with Gasteiger partial charge in [0.05, 0.1) is 12.9 Å². The van der Waals surface area contributed by atoms with Crippen LogP contribution in [-0.2, 0) is 14.5 Å². The predicted octanol–water partition coefficient (Wildman–Crippen LogP) is -0.722. The highest BCUT2D eigenvalue weighted by Gasteiger charge is 1.97. The monoisotopic (exact) mass is 153 g/mol. The Morgan fingerprint density at radius 1 is 1.67 bits per heavy atom. The molecule has 0 amide bonds. The van der Waals surface area contributed by atoms with Gasteiger partial charge in [0, 0.05) is 0 Å². The second-order valence-electron chi connectivity index (χ2n) is 1.16. The van der Waals surface area contributed by atoms with Crippen molar-refractivity contribution < 1.29 is 17.7 Å². The molecule has 0 unspecified atom stereocenters. The molecule has 0 fully saturated rings. The number of rotatable bonds is 3. The molecule has 0 radical (unpaired) electrons. The molecule has 0 atom stereocenters. The summed E-state index contributed by atoms with van der Waals surface area (Å²) in [5, 5.41) is 12.4. The Balaban J connectivity index is 3.53. The third-order valence-corrected chi connectivity index (χ3v) is 0.899. The lowest BCUT2D eigenvalue weighted by Crippen LogP contribution is -2.15. The van der Waals surface area contributed by atoms with E-state index in [1.807, 2.05) is 0 Å². The SMILES string of the molecule is NS(=O)(=O)OCC=CO. The Kier molecular flexibility index (Phi) is 3.21. The van der Waals surface area contributed by atoms with Crippen molar-refractivity contribution in [2.75, 3.05) is 6.61 Å². The maximum Gasteiger partial charge on any atom is 0.333 e. The molecule has 0 bridgehead atoms. The van der Waals surface area contributed by atoms with E-state index >= 15 is 0 Å². The van der Waals surface area contributed by atoms with Crippen LogP contribution in [0.5, 0.6) is 0 Å². The van der Waals surface area contributed by atoms with Gasteiger partial charge >= 0.3 is 10.3 Å². The molecule has 54 valence electrons. The van der Waals surface area contributed by atoms with Crippen molar-refractivity contribution in [3.05, 3.63) is 12.3 Å². The second kappa shape index (κ2) is 3.44. The summed E-state index contributed by atoms with van der Waals surface area (Å²) >= 11 is 0. The predicted molar refractivity (Wildman–Crippen MR) is 30.8 cm³/mol. The summed E-state index contributed by atoms with van der Waals surface area (Å²) in [7, 11) is -3.86. The second-order valence-corrected chi connectivity index (χ2v) is 2.38. The van der Waals surface area contributed by atoms with E-state index in [4.69, 9.17) is 5.11 Å². The molecule has 0 aromatic heterocycles. The summed E-state index contributed by atoms with van der Waals surface area (Å²) in [6, 6.07) is 0. The minimum absolute atomic E-state index is 0.241. The lowest BCUT2D eigenvalue weighted by Gasteiger charge is -1.92. The van der Waals surface area contributed by atoms with Gasteiger partial charge < -0.3 is 5.11 Å². The van der Waals surface area contributed by atoms with Gasteiger partial charge in [0.2, 0.25) is 0 Å². The largest absolute Gasteiger partial charge is 0.516 e. The average Bonchev–Trinajstić information content (AvgIpc) is 1.63. The number of hydrogen-bond donors (Lipinski definition) is 2. The molecule has 0 saturated heterocycles. The van der Waals surface area contributed by atoms with Crippen LogP contribution in [0.25, 0.3) is 0 Å². The van der Waals surface area contributed by atoms with E-state index in [1.165, 1.54) is 0 Å². The highest BCUT2D eigenvalue weighted by molar-refractivity contribution is 7.84. The first kappa shape index (κ1) is 8.41. The van der Waals surface area contributed by atoms with Gasteiger partial charge in [-0.1, -0.05) is 0 Å². The fraction of sp³-hybridized carbons (Fsp3) is 0.333. The Morgan fingerprint density at radius 2 is 2.22 bits per heavy atom. The van der Waals surface area contributed by atoms with E-state index in [1.54, 1.807) is 0 Å². The molecule has 0 aliphatic carbocycles. The zero-order valence-electron chi connectivity index (χ0n) is 4.52. The first-order valence-corrected chi connectivity index (χ1v) is 3.50. The molecular weight excluding hydrogens is 146 g/mol. The van der Waals surface area contributed by atoms with Crippen LogP contribution in [0.3, 0.4) is 0 Å². The van der Waals surface area contributed by atoms with Crippen molar-refractivity contribution in [3.8, 4) is 0 Å². The van der Waals surface area contributed by atoms with Gasteiger partial charge in [0.15, 0.2) is 0 Å². The molecule has 0 heterocycles. The van der Waals surface area contributed by atoms with Crippen LogP contribution >= 0.6 is 0 Å². The smallest absolute Gasteiger partial charge is 0.333 e. The fourth-order valence-corrected chi connectivity index (χ4v) is 0.445. The summed E-state index contributed by atoms with van der Waals surface area (Å²) in [6.45, 7) is -0.241. The van der Waals surface area contributed by atoms with Crippen LogP contribution in [-0.4, -0.2) is 20.1 Å². The Bertz CT molecular complexity index is 182. The molecule has 0 aliphatic heterocycles.